The number of carboxylic acid groups (broad SMARTS) is 1. The van der Waals surface area contributed by atoms with Gasteiger partial charge in [-0.05, 0) is 140 Å². The topological polar surface area (TPSA) is 37.3 Å². The van der Waals surface area contributed by atoms with Crippen LogP contribution in [0.5, 0.6) is 0 Å². The number of fused-ring (bicyclic) bond motifs is 12. The predicted octanol–water partition coefficient (Wildman–Crippen LogP) is 6.80. The minimum absolute atomic E-state index is 0.116. The van der Waals surface area contributed by atoms with E-state index in [0.29, 0.717) is 11.3 Å². The molecule has 0 aliphatic heterocycles. The van der Waals surface area contributed by atoms with Gasteiger partial charge >= 0.3 is 5.97 Å². The van der Waals surface area contributed by atoms with E-state index in [2.05, 4.69) is 19.1 Å². The maximum atomic E-state index is 12.2. The van der Waals surface area contributed by atoms with Gasteiger partial charge in [-0.25, -0.2) is 0 Å². The highest BCUT2D eigenvalue weighted by Crippen LogP contribution is 2.77. The number of carbonyl (C=O) groups is 1. The number of aliphatic carboxylic acids is 1. The van der Waals surface area contributed by atoms with Gasteiger partial charge in [-0.3, -0.25) is 4.79 Å². The minimum atomic E-state index is -0.517. The van der Waals surface area contributed by atoms with E-state index in [-0.39, 0.29) is 11.3 Å². The average molecular weight is 435 g/mol. The summed E-state index contributed by atoms with van der Waals surface area (Å²) in [5.74, 6) is 9.48. The summed E-state index contributed by atoms with van der Waals surface area (Å²) in [5, 5.41) is 10.1. The van der Waals surface area contributed by atoms with Gasteiger partial charge in [0.1, 0.15) is 0 Å². The molecule has 7 fully saturated rings. The van der Waals surface area contributed by atoms with Crippen molar-refractivity contribution in [3.8, 4) is 0 Å². The number of allylic oxidation sites excluding steroid dienone is 2. The van der Waals surface area contributed by atoms with Crippen molar-refractivity contribution in [2.75, 3.05) is 0 Å². The standard InChI is InChI=1S/C30H42O2/c1-29(30-9-8-16(14-30)25(15-30)28(31)32,26-12-17-10-23(26)21-6-2-4-19(17)21)27-13-18-11-24(27)22-7-3-5-20(18)22/h8-9,16-27H,2-7,10-15H2,1H3,(H,31,32). The van der Waals surface area contributed by atoms with Crippen LogP contribution >= 0.6 is 0 Å². The summed E-state index contributed by atoms with van der Waals surface area (Å²) in [6.45, 7) is 2.76. The van der Waals surface area contributed by atoms with E-state index in [1.54, 1.807) is 0 Å². The van der Waals surface area contributed by atoms with Crippen LogP contribution in [0.25, 0.3) is 0 Å². The molecule has 7 saturated carbocycles. The Kier molecular flexibility index (Phi) is 3.81. The Morgan fingerprint density at radius 3 is 1.91 bits per heavy atom. The Hall–Kier alpha value is -0.790. The number of carboxylic acids is 1. The maximum Gasteiger partial charge on any atom is 0.307 e. The average Bonchev–Trinajstić information content (AvgIpc) is 3.63. The Balaban J connectivity index is 1.22. The van der Waals surface area contributed by atoms with Gasteiger partial charge < -0.3 is 5.11 Å². The molecule has 6 bridgehead atoms. The van der Waals surface area contributed by atoms with Crippen LogP contribution in [0.1, 0.15) is 84.0 Å². The zero-order valence-corrected chi connectivity index (χ0v) is 19.9. The Bertz CT molecular complexity index is 832. The van der Waals surface area contributed by atoms with Crippen LogP contribution in [-0.4, -0.2) is 11.1 Å². The molecule has 0 spiro atoms. The van der Waals surface area contributed by atoms with Crippen molar-refractivity contribution >= 4 is 5.97 Å². The summed E-state index contributed by atoms with van der Waals surface area (Å²) in [6, 6.07) is 0. The molecule has 2 heteroatoms. The van der Waals surface area contributed by atoms with Crippen LogP contribution in [-0.2, 0) is 4.79 Å². The molecule has 0 saturated heterocycles. The second-order valence-corrected chi connectivity index (χ2v) is 14.3. The lowest BCUT2D eigenvalue weighted by atomic mass is 9.45. The van der Waals surface area contributed by atoms with Crippen LogP contribution in [0, 0.1) is 81.8 Å². The van der Waals surface area contributed by atoms with E-state index in [9.17, 15) is 9.90 Å². The largest absolute Gasteiger partial charge is 0.481 e. The fraction of sp³-hybridized carbons (Fsp3) is 0.900. The SMILES string of the molecule is CC(C1CC2CC1C1CCCC21)(C1CC2CC1C1CCCC21)C12C=CC(C1)C(C(=O)O)C2. The number of hydrogen-bond acceptors (Lipinski definition) is 1. The Morgan fingerprint density at radius 2 is 1.38 bits per heavy atom. The van der Waals surface area contributed by atoms with E-state index in [0.717, 1.165) is 72.0 Å². The smallest absolute Gasteiger partial charge is 0.307 e. The highest BCUT2D eigenvalue weighted by atomic mass is 16.4. The van der Waals surface area contributed by atoms with Crippen molar-refractivity contribution < 1.29 is 9.90 Å². The molecule has 0 radical (unpaired) electrons. The van der Waals surface area contributed by atoms with Gasteiger partial charge in [-0.1, -0.05) is 31.9 Å². The van der Waals surface area contributed by atoms with Crippen LogP contribution in [0.2, 0.25) is 0 Å². The van der Waals surface area contributed by atoms with Crippen molar-refractivity contribution in [1.29, 1.82) is 0 Å². The summed E-state index contributed by atoms with van der Waals surface area (Å²) in [6.07, 6.45) is 22.1. The molecule has 13 unspecified atom stereocenters. The summed E-state index contributed by atoms with van der Waals surface area (Å²) in [4.78, 5) is 12.2. The van der Waals surface area contributed by atoms with E-state index >= 15 is 0 Å². The van der Waals surface area contributed by atoms with Gasteiger partial charge in [0.2, 0.25) is 0 Å². The van der Waals surface area contributed by atoms with Crippen LogP contribution in [0.15, 0.2) is 12.2 Å². The van der Waals surface area contributed by atoms with Crippen molar-refractivity contribution in [2.45, 2.75) is 84.0 Å². The zero-order chi connectivity index (χ0) is 21.4. The van der Waals surface area contributed by atoms with Crippen molar-refractivity contribution in [3.05, 3.63) is 12.2 Å². The first-order valence-electron chi connectivity index (χ1n) is 14.4. The molecule has 8 aliphatic carbocycles. The first kappa shape index (κ1) is 19.5. The first-order chi connectivity index (χ1) is 15.5. The molecular formula is C30H42O2. The van der Waals surface area contributed by atoms with Gasteiger partial charge in [0, 0.05) is 0 Å². The molecule has 0 heterocycles. The normalized spacial score (nSPS) is 60.3. The molecule has 8 rings (SSSR count). The monoisotopic (exact) mass is 434 g/mol. The predicted molar refractivity (Wildman–Crippen MR) is 125 cm³/mol. The van der Waals surface area contributed by atoms with Crippen LogP contribution in [0.4, 0.5) is 0 Å². The zero-order valence-electron chi connectivity index (χ0n) is 19.9. The third-order valence-corrected chi connectivity index (χ3v) is 14.2. The second-order valence-electron chi connectivity index (χ2n) is 14.3. The molecule has 0 aromatic carbocycles. The quantitative estimate of drug-likeness (QED) is 0.494. The first-order valence-corrected chi connectivity index (χ1v) is 14.4. The lowest BCUT2D eigenvalue weighted by molar-refractivity contribution is -0.143. The minimum Gasteiger partial charge on any atom is -0.481 e. The maximum absolute atomic E-state index is 12.2. The van der Waals surface area contributed by atoms with E-state index < -0.39 is 5.97 Å². The molecule has 1 N–H and O–H groups in total. The third kappa shape index (κ3) is 2.14. The molecule has 2 nitrogen and oxygen atoms in total. The molecule has 0 amide bonds. The Labute approximate surface area is 194 Å². The van der Waals surface area contributed by atoms with Crippen molar-refractivity contribution in [3.63, 3.8) is 0 Å². The van der Waals surface area contributed by atoms with Crippen molar-refractivity contribution in [2.24, 2.45) is 81.8 Å². The molecule has 8 aliphatic rings. The van der Waals surface area contributed by atoms with E-state index in [1.165, 1.54) is 64.2 Å². The van der Waals surface area contributed by atoms with Crippen LogP contribution < -0.4 is 0 Å². The van der Waals surface area contributed by atoms with Gasteiger partial charge in [-0.15, -0.1) is 0 Å². The highest BCUT2D eigenvalue weighted by Gasteiger charge is 2.71. The Morgan fingerprint density at radius 1 is 0.812 bits per heavy atom. The van der Waals surface area contributed by atoms with E-state index in [4.69, 9.17) is 0 Å². The molecular weight excluding hydrogens is 392 g/mol. The fourth-order valence-corrected chi connectivity index (χ4v) is 13.3. The summed E-state index contributed by atoms with van der Waals surface area (Å²) < 4.78 is 0. The molecule has 32 heavy (non-hydrogen) atoms. The van der Waals surface area contributed by atoms with Crippen molar-refractivity contribution in [1.82, 2.24) is 0 Å². The summed E-state index contributed by atoms with van der Waals surface area (Å²) >= 11 is 0. The van der Waals surface area contributed by atoms with Gasteiger partial charge in [0.25, 0.3) is 0 Å². The van der Waals surface area contributed by atoms with Gasteiger partial charge in [0.15, 0.2) is 0 Å². The van der Waals surface area contributed by atoms with E-state index in [1.807, 2.05) is 0 Å². The highest BCUT2D eigenvalue weighted by molar-refractivity contribution is 5.72. The fourth-order valence-electron chi connectivity index (χ4n) is 13.3. The molecule has 13 atom stereocenters. The molecule has 174 valence electrons. The van der Waals surface area contributed by atoms with Crippen LogP contribution in [0.3, 0.4) is 0 Å². The third-order valence-electron chi connectivity index (χ3n) is 14.2. The van der Waals surface area contributed by atoms with Gasteiger partial charge in [-0.2, -0.15) is 0 Å². The molecule has 0 aromatic heterocycles. The second kappa shape index (κ2) is 6.25. The molecule has 0 aromatic rings. The lowest BCUT2D eigenvalue weighted by Gasteiger charge is -2.59. The summed E-state index contributed by atoms with van der Waals surface area (Å²) in [7, 11) is 0. The lowest BCUT2D eigenvalue weighted by Crippen LogP contribution is -2.53. The summed E-state index contributed by atoms with van der Waals surface area (Å²) in [5.41, 5.74) is 0.510. The number of rotatable bonds is 4. The number of hydrogen-bond donors (Lipinski definition) is 1. The van der Waals surface area contributed by atoms with Gasteiger partial charge in [0.05, 0.1) is 5.92 Å².